The molecule has 0 unspecified atom stereocenters. The van der Waals surface area contributed by atoms with Crippen LogP contribution in [0.5, 0.6) is 0 Å². The standard InChI is InChI=1S/C8H18O5S.H3N/c1-2-3-4-5-6-12-7-8-13-14(9,10)11;/h2-8H2,1H3,(H,9,10,11);1H3. The van der Waals surface area contributed by atoms with Crippen molar-refractivity contribution >= 4 is 10.4 Å². The van der Waals surface area contributed by atoms with Crippen LogP contribution in [0.2, 0.25) is 0 Å². The van der Waals surface area contributed by atoms with Crippen molar-refractivity contribution in [1.29, 1.82) is 0 Å². The average Bonchev–Trinajstić information content (AvgIpc) is 2.08. The van der Waals surface area contributed by atoms with E-state index in [1.54, 1.807) is 0 Å². The van der Waals surface area contributed by atoms with Crippen molar-refractivity contribution < 1.29 is 21.9 Å². The Labute approximate surface area is 91.5 Å². The summed E-state index contributed by atoms with van der Waals surface area (Å²) in [6.07, 6.45) is 4.40. The molecule has 0 fully saturated rings. The van der Waals surface area contributed by atoms with Crippen LogP contribution in [0, 0.1) is 0 Å². The molecule has 0 atom stereocenters. The molecule has 0 aromatic carbocycles. The molecule has 0 bridgehead atoms. The molecular formula is C8H21NO5S. The quantitative estimate of drug-likeness (QED) is 0.374. The lowest BCUT2D eigenvalue weighted by molar-refractivity contribution is 0.0940. The predicted octanol–water partition coefficient (Wildman–Crippen LogP) is 1.44. The van der Waals surface area contributed by atoms with Gasteiger partial charge in [-0.1, -0.05) is 26.2 Å². The zero-order valence-electron chi connectivity index (χ0n) is 9.40. The second-order valence-corrected chi connectivity index (χ2v) is 3.96. The van der Waals surface area contributed by atoms with Crippen molar-refractivity contribution in [3.63, 3.8) is 0 Å². The van der Waals surface area contributed by atoms with Crippen LogP contribution in [0.3, 0.4) is 0 Å². The van der Waals surface area contributed by atoms with Gasteiger partial charge in [-0.15, -0.1) is 0 Å². The third kappa shape index (κ3) is 16.5. The molecule has 0 saturated heterocycles. The lowest BCUT2D eigenvalue weighted by Crippen LogP contribution is -2.10. The highest BCUT2D eigenvalue weighted by Crippen LogP contribution is 1.98. The Morgan fingerprint density at radius 1 is 1.07 bits per heavy atom. The van der Waals surface area contributed by atoms with Crippen molar-refractivity contribution in [2.24, 2.45) is 0 Å². The highest BCUT2D eigenvalue weighted by molar-refractivity contribution is 7.80. The summed E-state index contributed by atoms with van der Waals surface area (Å²) >= 11 is 0. The number of hydrogen-bond donors (Lipinski definition) is 1. The fourth-order valence-corrected chi connectivity index (χ4v) is 1.20. The Morgan fingerprint density at radius 3 is 2.27 bits per heavy atom. The molecule has 0 amide bonds. The first-order chi connectivity index (χ1) is 6.56. The van der Waals surface area contributed by atoms with Gasteiger partial charge in [0.05, 0.1) is 13.2 Å². The van der Waals surface area contributed by atoms with Crippen molar-refractivity contribution in [2.45, 2.75) is 32.6 Å². The van der Waals surface area contributed by atoms with Crippen LogP contribution in [0.1, 0.15) is 32.6 Å². The van der Waals surface area contributed by atoms with Crippen LogP contribution in [0.15, 0.2) is 0 Å². The molecule has 0 aliphatic carbocycles. The van der Waals surface area contributed by atoms with Crippen LogP contribution >= 0.6 is 0 Å². The minimum Gasteiger partial charge on any atom is -0.726 e. The van der Waals surface area contributed by atoms with E-state index in [0.717, 1.165) is 19.3 Å². The normalized spacial score (nSPS) is 11.1. The number of rotatable bonds is 9. The topological polar surface area (TPSA) is 112 Å². The van der Waals surface area contributed by atoms with Gasteiger partial charge in [-0.25, -0.2) is 8.42 Å². The lowest BCUT2D eigenvalue weighted by atomic mass is 10.2. The second-order valence-electron chi connectivity index (χ2n) is 2.90. The molecule has 15 heavy (non-hydrogen) atoms. The minimum atomic E-state index is -4.56. The van der Waals surface area contributed by atoms with Gasteiger partial charge in [0, 0.05) is 6.61 Å². The highest BCUT2D eigenvalue weighted by atomic mass is 32.3. The third-order valence-electron chi connectivity index (χ3n) is 1.60. The summed E-state index contributed by atoms with van der Waals surface area (Å²) in [6.45, 7) is 2.66. The van der Waals surface area contributed by atoms with E-state index in [1.807, 2.05) is 0 Å². The smallest absolute Gasteiger partial charge is 0.217 e. The van der Waals surface area contributed by atoms with Gasteiger partial charge in [0.2, 0.25) is 10.4 Å². The minimum absolute atomic E-state index is 0. The molecule has 0 radical (unpaired) electrons. The van der Waals surface area contributed by atoms with E-state index in [2.05, 4.69) is 11.1 Å². The van der Waals surface area contributed by atoms with E-state index in [9.17, 15) is 13.0 Å². The molecule has 6 nitrogen and oxygen atoms in total. The van der Waals surface area contributed by atoms with Gasteiger partial charge in [0.1, 0.15) is 0 Å². The molecular weight excluding hydrogens is 222 g/mol. The fraction of sp³-hybridized carbons (Fsp3) is 1.00. The Hall–Kier alpha value is -0.210. The first-order valence-corrected chi connectivity index (χ1v) is 6.07. The molecule has 0 saturated carbocycles. The number of hydrogen-bond acceptors (Lipinski definition) is 5. The van der Waals surface area contributed by atoms with Crippen molar-refractivity contribution in [2.75, 3.05) is 19.8 Å². The molecule has 0 aromatic heterocycles. The van der Waals surface area contributed by atoms with E-state index in [-0.39, 0.29) is 19.4 Å². The average molecular weight is 243 g/mol. The van der Waals surface area contributed by atoms with Gasteiger partial charge in [-0.2, -0.15) is 0 Å². The summed E-state index contributed by atoms with van der Waals surface area (Å²) in [6, 6.07) is 0. The van der Waals surface area contributed by atoms with E-state index < -0.39 is 10.4 Å². The molecule has 0 heterocycles. The van der Waals surface area contributed by atoms with Gasteiger partial charge < -0.3 is 15.4 Å². The Kier molecular flexibility index (Phi) is 11.8. The molecule has 0 aliphatic rings. The second kappa shape index (κ2) is 10.3. The van der Waals surface area contributed by atoms with E-state index in [1.165, 1.54) is 6.42 Å². The molecule has 4 N–H and O–H groups in total. The lowest BCUT2D eigenvalue weighted by Gasteiger charge is -2.07. The molecule has 7 heteroatoms. The molecule has 0 aromatic rings. The SMILES string of the molecule is CCCCCCOCCOS(=O)(=O)[O-].[NH4+]. The maximum atomic E-state index is 9.97. The fourth-order valence-electron chi connectivity index (χ4n) is 0.928. The van der Waals surface area contributed by atoms with Gasteiger partial charge in [0.25, 0.3) is 0 Å². The van der Waals surface area contributed by atoms with Crippen LogP contribution in [-0.4, -0.2) is 32.8 Å². The highest BCUT2D eigenvalue weighted by Gasteiger charge is 1.94. The zero-order valence-corrected chi connectivity index (χ0v) is 10.2. The van der Waals surface area contributed by atoms with Crippen LogP contribution < -0.4 is 6.15 Å². The van der Waals surface area contributed by atoms with Gasteiger partial charge in [-0.05, 0) is 6.42 Å². The Morgan fingerprint density at radius 2 is 1.73 bits per heavy atom. The summed E-state index contributed by atoms with van der Waals surface area (Å²) in [4.78, 5) is 0. The monoisotopic (exact) mass is 243 g/mol. The van der Waals surface area contributed by atoms with E-state index in [4.69, 9.17) is 4.74 Å². The Balaban J connectivity index is 0. The number of unbranched alkanes of at least 4 members (excludes halogenated alkanes) is 3. The Bertz CT molecular complexity index is 217. The maximum Gasteiger partial charge on any atom is 0.217 e. The van der Waals surface area contributed by atoms with Crippen LogP contribution in [-0.2, 0) is 19.3 Å². The number of quaternary nitrogens is 1. The van der Waals surface area contributed by atoms with Crippen molar-refractivity contribution in [1.82, 2.24) is 6.15 Å². The summed E-state index contributed by atoms with van der Waals surface area (Å²) in [7, 11) is -4.56. The first kappa shape index (κ1) is 17.2. The van der Waals surface area contributed by atoms with E-state index in [0.29, 0.717) is 6.61 Å². The van der Waals surface area contributed by atoms with Gasteiger partial charge >= 0.3 is 0 Å². The van der Waals surface area contributed by atoms with Crippen molar-refractivity contribution in [3.05, 3.63) is 0 Å². The van der Waals surface area contributed by atoms with Crippen LogP contribution in [0.25, 0.3) is 0 Å². The van der Waals surface area contributed by atoms with Crippen LogP contribution in [0.4, 0.5) is 0 Å². The largest absolute Gasteiger partial charge is 0.726 e. The zero-order chi connectivity index (χ0) is 10.9. The number of ether oxygens (including phenoxy) is 1. The predicted molar refractivity (Wildman–Crippen MR) is 56.6 cm³/mol. The summed E-state index contributed by atoms with van der Waals surface area (Å²) < 4.78 is 38.9. The summed E-state index contributed by atoms with van der Waals surface area (Å²) in [5, 5.41) is 0. The summed E-state index contributed by atoms with van der Waals surface area (Å²) in [5.74, 6) is 0. The van der Waals surface area contributed by atoms with Crippen molar-refractivity contribution in [3.8, 4) is 0 Å². The van der Waals surface area contributed by atoms with Gasteiger partial charge in [-0.3, -0.25) is 4.18 Å². The van der Waals surface area contributed by atoms with E-state index >= 15 is 0 Å². The molecule has 0 spiro atoms. The van der Waals surface area contributed by atoms with Gasteiger partial charge in [0.15, 0.2) is 0 Å². The first-order valence-electron chi connectivity index (χ1n) is 4.74. The maximum absolute atomic E-state index is 9.97. The third-order valence-corrected chi connectivity index (χ3v) is 2.05. The molecule has 0 aliphatic heterocycles. The molecule has 94 valence electrons. The summed E-state index contributed by atoms with van der Waals surface area (Å²) in [5.41, 5.74) is 0. The molecule has 0 rings (SSSR count).